The largest absolute Gasteiger partial charge is 0.377 e. The van der Waals surface area contributed by atoms with Crippen LogP contribution in [-0.4, -0.2) is 36.3 Å². The van der Waals surface area contributed by atoms with E-state index in [-0.39, 0.29) is 16.0 Å². The predicted octanol–water partition coefficient (Wildman–Crippen LogP) is 1.99. The highest BCUT2D eigenvalue weighted by Crippen LogP contribution is 2.40. The van der Waals surface area contributed by atoms with Crippen LogP contribution in [0.1, 0.15) is 53.4 Å². The van der Waals surface area contributed by atoms with Crippen LogP contribution in [0.3, 0.4) is 0 Å². The average Bonchev–Trinajstić information content (AvgIpc) is 2.98. The molecule has 0 saturated carbocycles. The molecule has 2 unspecified atom stereocenters. The number of H-pyrrole nitrogens is 1. The van der Waals surface area contributed by atoms with Crippen molar-refractivity contribution in [1.29, 1.82) is 0 Å². The number of fused-ring (bicyclic) bond motifs is 1. The molecule has 0 aliphatic carbocycles. The number of hydrogen-bond donors (Lipinski definition) is 1. The number of ketones is 1. The van der Waals surface area contributed by atoms with Gasteiger partial charge in [-0.1, -0.05) is 0 Å². The Balaban J connectivity index is 2.19. The highest BCUT2D eigenvalue weighted by molar-refractivity contribution is 7.92. The number of methoxy groups -OCH3 is 1. The third kappa shape index (κ3) is 2.64. The molecular weight excluding hydrogens is 356 g/mol. The fourth-order valence-corrected chi connectivity index (χ4v) is 5.24. The molecule has 1 aromatic heterocycles. The molecule has 2 atom stereocenters. The van der Waals surface area contributed by atoms with Gasteiger partial charge in [-0.2, -0.15) is 0 Å². The molecule has 3 rings (SSSR count). The molecule has 0 spiro atoms. The fraction of sp³-hybridized carbons (Fsp3) is 0.444. The molecule has 7 nitrogen and oxygen atoms in total. The molecule has 140 valence electrons. The summed E-state index contributed by atoms with van der Waals surface area (Å²) in [4.78, 5) is 25.4. The van der Waals surface area contributed by atoms with Crippen molar-refractivity contribution in [2.45, 2.75) is 50.0 Å². The lowest BCUT2D eigenvalue weighted by Crippen LogP contribution is -2.30. The average molecular weight is 378 g/mol. The monoisotopic (exact) mass is 378 g/mol. The van der Waals surface area contributed by atoms with Gasteiger partial charge in [0.1, 0.15) is 5.56 Å². The smallest absolute Gasteiger partial charge is 0.277 e. The molecule has 0 saturated heterocycles. The third-order valence-electron chi connectivity index (χ3n) is 5.11. The standard InChI is InChI=1S/C18H22N2O5S/c1-5-20-18(22)13(9-19-20)17(21)12-6-7-15-16(11(12)3)14(25-4)8-10(2)26(15,23)24/h6-7,9-10,14,19H,5,8H2,1-4H3. The number of rotatable bonds is 4. The molecule has 0 bridgehead atoms. The summed E-state index contributed by atoms with van der Waals surface area (Å²) in [5.41, 5.74) is 1.02. The SMILES string of the molecule is CCn1[nH]cc(C(=O)c2ccc3c(c2C)C(OC)CC(C)S3(=O)=O)c1=O. The zero-order valence-corrected chi connectivity index (χ0v) is 16.0. The summed E-state index contributed by atoms with van der Waals surface area (Å²) >= 11 is 0. The van der Waals surface area contributed by atoms with E-state index in [1.165, 1.54) is 30.1 Å². The Hall–Kier alpha value is -2.19. The number of ether oxygens (including phenoxy) is 1. The van der Waals surface area contributed by atoms with Crippen LogP contribution in [0.25, 0.3) is 0 Å². The van der Waals surface area contributed by atoms with Crippen LogP contribution >= 0.6 is 0 Å². The van der Waals surface area contributed by atoms with Crippen LogP contribution in [0, 0.1) is 6.92 Å². The second-order valence-corrected chi connectivity index (χ2v) is 8.87. The molecule has 0 radical (unpaired) electrons. The van der Waals surface area contributed by atoms with E-state index in [4.69, 9.17) is 4.74 Å². The minimum absolute atomic E-state index is 0.0379. The van der Waals surface area contributed by atoms with Crippen LogP contribution in [0.15, 0.2) is 28.0 Å². The number of carbonyl (C=O) groups excluding carboxylic acids is 1. The minimum Gasteiger partial charge on any atom is -0.377 e. The van der Waals surface area contributed by atoms with Crippen LogP contribution < -0.4 is 5.56 Å². The number of aromatic amines is 1. The zero-order chi connectivity index (χ0) is 19.2. The van der Waals surface area contributed by atoms with Crippen molar-refractivity contribution in [3.63, 3.8) is 0 Å². The van der Waals surface area contributed by atoms with Crippen molar-refractivity contribution < 1.29 is 17.9 Å². The lowest BCUT2D eigenvalue weighted by Gasteiger charge is -2.30. The number of aromatic nitrogens is 2. The Morgan fingerprint density at radius 1 is 1.35 bits per heavy atom. The summed E-state index contributed by atoms with van der Waals surface area (Å²) in [6.45, 7) is 5.59. The Bertz CT molecular complexity index is 1030. The van der Waals surface area contributed by atoms with Crippen molar-refractivity contribution in [2.24, 2.45) is 0 Å². The van der Waals surface area contributed by atoms with Gasteiger partial charge in [0, 0.05) is 31.0 Å². The van der Waals surface area contributed by atoms with Crippen molar-refractivity contribution in [3.05, 3.63) is 50.9 Å². The molecule has 1 aliphatic rings. The molecular formula is C18H22N2O5S. The van der Waals surface area contributed by atoms with Gasteiger partial charge in [0.05, 0.1) is 16.2 Å². The van der Waals surface area contributed by atoms with Crippen LogP contribution in [0.2, 0.25) is 0 Å². The van der Waals surface area contributed by atoms with Gasteiger partial charge in [-0.05, 0) is 44.9 Å². The Morgan fingerprint density at radius 2 is 2.04 bits per heavy atom. The molecule has 8 heteroatoms. The molecule has 0 amide bonds. The summed E-state index contributed by atoms with van der Waals surface area (Å²) < 4.78 is 32.2. The van der Waals surface area contributed by atoms with E-state index >= 15 is 0 Å². The maximum absolute atomic E-state index is 12.9. The quantitative estimate of drug-likeness (QED) is 0.821. The van der Waals surface area contributed by atoms with E-state index in [0.717, 1.165) is 0 Å². The van der Waals surface area contributed by atoms with Gasteiger partial charge in [0.25, 0.3) is 5.56 Å². The van der Waals surface area contributed by atoms with E-state index < -0.39 is 27.0 Å². The molecule has 1 N–H and O–H groups in total. The summed E-state index contributed by atoms with van der Waals surface area (Å²) in [6.07, 6.45) is 1.31. The van der Waals surface area contributed by atoms with Crippen LogP contribution in [0.4, 0.5) is 0 Å². The number of aryl methyl sites for hydroxylation is 1. The highest BCUT2D eigenvalue weighted by Gasteiger charge is 2.38. The van der Waals surface area contributed by atoms with Gasteiger partial charge < -0.3 is 9.84 Å². The summed E-state index contributed by atoms with van der Waals surface area (Å²) in [7, 11) is -1.94. The second-order valence-electron chi connectivity index (χ2n) is 6.53. The highest BCUT2D eigenvalue weighted by atomic mass is 32.2. The van der Waals surface area contributed by atoms with Crippen LogP contribution in [-0.2, 0) is 21.1 Å². The summed E-state index contributed by atoms with van der Waals surface area (Å²) in [5, 5.41) is 2.20. The molecule has 1 aromatic carbocycles. The summed E-state index contributed by atoms with van der Waals surface area (Å²) in [5.74, 6) is -0.426. The van der Waals surface area contributed by atoms with Crippen molar-refractivity contribution >= 4 is 15.6 Å². The van der Waals surface area contributed by atoms with E-state index in [1.54, 1.807) is 20.8 Å². The first-order valence-electron chi connectivity index (χ1n) is 8.47. The molecule has 26 heavy (non-hydrogen) atoms. The van der Waals surface area contributed by atoms with Gasteiger partial charge >= 0.3 is 0 Å². The van der Waals surface area contributed by atoms with Gasteiger partial charge in [0.2, 0.25) is 0 Å². The van der Waals surface area contributed by atoms with E-state index in [0.29, 0.717) is 29.7 Å². The van der Waals surface area contributed by atoms with E-state index in [2.05, 4.69) is 5.10 Å². The Labute approximate surface area is 151 Å². The summed E-state index contributed by atoms with van der Waals surface area (Å²) in [6, 6.07) is 2.94. The maximum Gasteiger partial charge on any atom is 0.277 e. The van der Waals surface area contributed by atoms with Gasteiger partial charge in [0.15, 0.2) is 15.6 Å². The zero-order valence-electron chi connectivity index (χ0n) is 15.2. The molecule has 1 aliphatic heterocycles. The lowest BCUT2D eigenvalue weighted by atomic mass is 9.92. The second kappa shape index (κ2) is 6.51. The molecule has 2 heterocycles. The van der Waals surface area contributed by atoms with Gasteiger partial charge in [-0.25, -0.2) is 8.42 Å². The maximum atomic E-state index is 12.9. The van der Waals surface area contributed by atoms with Crippen molar-refractivity contribution in [3.8, 4) is 0 Å². The van der Waals surface area contributed by atoms with Gasteiger partial charge in [-0.15, -0.1) is 0 Å². The van der Waals surface area contributed by atoms with Gasteiger partial charge in [-0.3, -0.25) is 14.3 Å². The first-order chi connectivity index (χ1) is 12.2. The topological polar surface area (TPSA) is 98.2 Å². The van der Waals surface area contributed by atoms with Crippen LogP contribution in [0.5, 0.6) is 0 Å². The molecule has 2 aromatic rings. The predicted molar refractivity (Wildman–Crippen MR) is 96.4 cm³/mol. The van der Waals surface area contributed by atoms with Crippen molar-refractivity contribution in [1.82, 2.24) is 9.78 Å². The van der Waals surface area contributed by atoms with E-state index in [9.17, 15) is 18.0 Å². The number of sulfone groups is 1. The first kappa shape index (κ1) is 18.6. The lowest BCUT2D eigenvalue weighted by molar-refractivity contribution is 0.0899. The third-order valence-corrected chi connectivity index (χ3v) is 7.33. The first-order valence-corrected chi connectivity index (χ1v) is 10.0. The number of nitrogens with one attached hydrogen (secondary N) is 1. The number of hydrogen-bond acceptors (Lipinski definition) is 5. The minimum atomic E-state index is -3.46. The number of benzene rings is 1. The van der Waals surface area contributed by atoms with Crippen molar-refractivity contribution in [2.75, 3.05) is 7.11 Å². The molecule has 0 fully saturated rings. The van der Waals surface area contributed by atoms with E-state index in [1.807, 2.05) is 0 Å². The number of nitrogens with zero attached hydrogens (tertiary/aromatic N) is 1. The Kier molecular flexibility index (Phi) is 4.66. The fourth-order valence-electron chi connectivity index (χ4n) is 3.53. The Morgan fingerprint density at radius 3 is 2.62 bits per heavy atom. The normalized spacial score (nSPS) is 21.4. The number of carbonyl (C=O) groups is 1.